The standard InChI is InChI=1S/C14H15N3O4/c1-21-11-4-2-9(3-5-11)13(18)17-12(14(19)20)6-10-7-15-8-16-10/h2-5,7-8,12H,6H2,1H3,(H,15,16)(H,17,18)(H,19,20)/t12-/m1/s1. The number of imidazole rings is 1. The molecule has 0 aliphatic heterocycles. The fourth-order valence-corrected chi connectivity index (χ4v) is 1.80. The van der Waals surface area contributed by atoms with Crippen LogP contribution in [0.3, 0.4) is 0 Å². The van der Waals surface area contributed by atoms with Crippen LogP contribution in [0.25, 0.3) is 0 Å². The van der Waals surface area contributed by atoms with E-state index in [0.29, 0.717) is 17.0 Å². The highest BCUT2D eigenvalue weighted by atomic mass is 16.5. The first-order chi connectivity index (χ1) is 10.1. The van der Waals surface area contributed by atoms with Crippen molar-refractivity contribution in [2.24, 2.45) is 0 Å². The van der Waals surface area contributed by atoms with E-state index in [2.05, 4.69) is 15.3 Å². The van der Waals surface area contributed by atoms with Gasteiger partial charge in [0, 0.05) is 23.9 Å². The van der Waals surface area contributed by atoms with Gasteiger partial charge in [-0.25, -0.2) is 9.78 Å². The molecule has 0 unspecified atom stereocenters. The molecule has 0 spiro atoms. The molecule has 1 heterocycles. The largest absolute Gasteiger partial charge is 0.497 e. The number of aliphatic carboxylic acids is 1. The summed E-state index contributed by atoms with van der Waals surface area (Å²) in [5, 5.41) is 11.7. The molecule has 0 bridgehead atoms. The summed E-state index contributed by atoms with van der Waals surface area (Å²) in [4.78, 5) is 29.9. The summed E-state index contributed by atoms with van der Waals surface area (Å²) in [5.41, 5.74) is 1.00. The average molecular weight is 289 g/mol. The molecule has 3 N–H and O–H groups in total. The molecule has 1 atom stereocenters. The van der Waals surface area contributed by atoms with Crippen molar-refractivity contribution in [3.8, 4) is 5.75 Å². The molecular formula is C14H15N3O4. The number of carbonyl (C=O) groups is 2. The molecule has 21 heavy (non-hydrogen) atoms. The number of amides is 1. The average Bonchev–Trinajstić information content (AvgIpc) is 2.99. The zero-order valence-electron chi connectivity index (χ0n) is 11.4. The minimum atomic E-state index is -1.11. The molecule has 110 valence electrons. The van der Waals surface area contributed by atoms with Gasteiger partial charge in [0.15, 0.2) is 0 Å². The Balaban J connectivity index is 2.05. The molecule has 2 aromatic rings. The lowest BCUT2D eigenvalue weighted by Gasteiger charge is -2.13. The molecule has 1 aromatic heterocycles. The van der Waals surface area contributed by atoms with E-state index in [4.69, 9.17) is 4.74 Å². The smallest absolute Gasteiger partial charge is 0.326 e. The third kappa shape index (κ3) is 3.82. The minimum absolute atomic E-state index is 0.136. The van der Waals surface area contributed by atoms with E-state index in [9.17, 15) is 14.7 Å². The number of nitrogens with zero attached hydrogens (tertiary/aromatic N) is 1. The summed E-state index contributed by atoms with van der Waals surface area (Å²) in [5.74, 6) is -0.935. The maximum absolute atomic E-state index is 12.0. The van der Waals surface area contributed by atoms with Gasteiger partial charge in [0.05, 0.1) is 13.4 Å². The quantitative estimate of drug-likeness (QED) is 0.731. The van der Waals surface area contributed by atoms with E-state index in [0.717, 1.165) is 0 Å². The summed E-state index contributed by atoms with van der Waals surface area (Å²) in [6.45, 7) is 0. The van der Waals surface area contributed by atoms with Crippen molar-refractivity contribution < 1.29 is 19.4 Å². The van der Waals surface area contributed by atoms with E-state index in [1.165, 1.54) is 19.6 Å². The Labute approximate surface area is 121 Å². The van der Waals surface area contributed by atoms with Crippen molar-refractivity contribution in [2.45, 2.75) is 12.5 Å². The van der Waals surface area contributed by atoms with Crippen LogP contribution in [0.4, 0.5) is 0 Å². The number of carbonyl (C=O) groups excluding carboxylic acids is 1. The van der Waals surface area contributed by atoms with Crippen molar-refractivity contribution in [1.29, 1.82) is 0 Å². The van der Waals surface area contributed by atoms with Crippen molar-refractivity contribution in [1.82, 2.24) is 15.3 Å². The van der Waals surface area contributed by atoms with E-state index < -0.39 is 17.9 Å². The monoisotopic (exact) mass is 289 g/mol. The number of aromatic amines is 1. The summed E-state index contributed by atoms with van der Waals surface area (Å²) < 4.78 is 5.00. The number of carboxylic acid groups (broad SMARTS) is 1. The number of carboxylic acids is 1. The highest BCUT2D eigenvalue weighted by Crippen LogP contribution is 2.11. The van der Waals surface area contributed by atoms with Gasteiger partial charge in [-0.3, -0.25) is 4.79 Å². The third-order valence-corrected chi connectivity index (χ3v) is 2.93. The molecular weight excluding hydrogens is 274 g/mol. The SMILES string of the molecule is COc1ccc(C(=O)N[C@H](Cc2cnc[nH]2)C(=O)O)cc1. The van der Waals surface area contributed by atoms with Crippen LogP contribution in [-0.2, 0) is 11.2 Å². The molecule has 0 aliphatic rings. The summed E-state index contributed by atoms with van der Waals surface area (Å²) in [6.07, 6.45) is 3.12. The Hall–Kier alpha value is -2.83. The highest BCUT2D eigenvalue weighted by molar-refractivity contribution is 5.96. The first-order valence-corrected chi connectivity index (χ1v) is 6.25. The van der Waals surface area contributed by atoms with Gasteiger partial charge < -0.3 is 20.1 Å². The Kier molecular flexibility index (Phi) is 4.55. The zero-order chi connectivity index (χ0) is 15.2. The summed E-state index contributed by atoms with van der Waals surface area (Å²) >= 11 is 0. The molecule has 0 radical (unpaired) electrons. The van der Waals surface area contributed by atoms with Gasteiger partial charge in [-0.05, 0) is 24.3 Å². The minimum Gasteiger partial charge on any atom is -0.497 e. The second kappa shape index (κ2) is 6.56. The fourth-order valence-electron chi connectivity index (χ4n) is 1.80. The molecule has 0 saturated heterocycles. The lowest BCUT2D eigenvalue weighted by Crippen LogP contribution is -2.42. The van der Waals surface area contributed by atoms with Crippen LogP contribution in [-0.4, -0.2) is 40.1 Å². The second-order valence-electron chi connectivity index (χ2n) is 4.37. The number of ether oxygens (including phenoxy) is 1. The van der Waals surface area contributed by atoms with Crippen LogP contribution in [0, 0.1) is 0 Å². The van der Waals surface area contributed by atoms with E-state index in [1.54, 1.807) is 24.3 Å². The predicted molar refractivity (Wildman–Crippen MR) is 74.2 cm³/mol. The van der Waals surface area contributed by atoms with Crippen molar-refractivity contribution >= 4 is 11.9 Å². The Morgan fingerprint density at radius 3 is 2.62 bits per heavy atom. The number of aromatic nitrogens is 2. The Morgan fingerprint density at radius 2 is 2.10 bits per heavy atom. The molecule has 1 aromatic carbocycles. The van der Waals surface area contributed by atoms with Crippen LogP contribution < -0.4 is 10.1 Å². The lowest BCUT2D eigenvalue weighted by molar-refractivity contribution is -0.139. The maximum Gasteiger partial charge on any atom is 0.326 e. The molecule has 0 fully saturated rings. The van der Waals surface area contributed by atoms with Crippen molar-refractivity contribution in [3.63, 3.8) is 0 Å². The van der Waals surface area contributed by atoms with Crippen molar-refractivity contribution in [2.75, 3.05) is 7.11 Å². The van der Waals surface area contributed by atoms with Gasteiger partial charge in [-0.1, -0.05) is 0 Å². The van der Waals surface area contributed by atoms with Gasteiger partial charge in [0.2, 0.25) is 0 Å². The molecule has 1 amide bonds. The highest BCUT2D eigenvalue weighted by Gasteiger charge is 2.21. The number of methoxy groups -OCH3 is 1. The molecule has 7 heteroatoms. The third-order valence-electron chi connectivity index (χ3n) is 2.93. The molecule has 0 aliphatic carbocycles. The molecule has 0 saturated carbocycles. The van der Waals surface area contributed by atoms with Crippen LogP contribution in [0.1, 0.15) is 16.1 Å². The van der Waals surface area contributed by atoms with E-state index in [1.807, 2.05) is 0 Å². The zero-order valence-corrected chi connectivity index (χ0v) is 11.4. The van der Waals surface area contributed by atoms with Gasteiger partial charge in [0.1, 0.15) is 11.8 Å². The number of rotatable bonds is 6. The van der Waals surface area contributed by atoms with Crippen LogP contribution >= 0.6 is 0 Å². The molecule has 7 nitrogen and oxygen atoms in total. The number of benzene rings is 1. The van der Waals surface area contributed by atoms with Crippen molar-refractivity contribution in [3.05, 3.63) is 48.0 Å². The number of hydrogen-bond acceptors (Lipinski definition) is 4. The normalized spacial score (nSPS) is 11.7. The van der Waals surface area contributed by atoms with Crippen LogP contribution in [0.5, 0.6) is 5.75 Å². The second-order valence-corrected chi connectivity index (χ2v) is 4.37. The van der Waals surface area contributed by atoms with E-state index in [-0.39, 0.29) is 6.42 Å². The topological polar surface area (TPSA) is 104 Å². The van der Waals surface area contributed by atoms with Gasteiger partial charge in [-0.15, -0.1) is 0 Å². The first-order valence-electron chi connectivity index (χ1n) is 6.25. The van der Waals surface area contributed by atoms with Gasteiger partial charge >= 0.3 is 5.97 Å². The number of nitrogens with one attached hydrogen (secondary N) is 2. The van der Waals surface area contributed by atoms with Gasteiger partial charge in [0.25, 0.3) is 5.91 Å². The lowest BCUT2D eigenvalue weighted by atomic mass is 10.1. The van der Waals surface area contributed by atoms with Crippen LogP contribution in [0.15, 0.2) is 36.8 Å². The fraction of sp³-hybridized carbons (Fsp3) is 0.214. The Morgan fingerprint density at radius 1 is 1.38 bits per heavy atom. The maximum atomic E-state index is 12.0. The molecule has 2 rings (SSSR count). The summed E-state index contributed by atoms with van der Waals surface area (Å²) in [6, 6.07) is 5.39. The number of hydrogen-bond donors (Lipinski definition) is 3. The number of H-pyrrole nitrogens is 1. The summed E-state index contributed by atoms with van der Waals surface area (Å²) in [7, 11) is 1.53. The van der Waals surface area contributed by atoms with Crippen LogP contribution in [0.2, 0.25) is 0 Å². The predicted octanol–water partition coefficient (Wildman–Crippen LogP) is 0.844. The van der Waals surface area contributed by atoms with E-state index >= 15 is 0 Å². The Bertz CT molecular complexity index is 608. The first kappa shape index (κ1) is 14.6. The van der Waals surface area contributed by atoms with Gasteiger partial charge in [-0.2, -0.15) is 0 Å².